The number of hydrogen-bond donors (Lipinski definition) is 0. The number of aryl methyl sites for hydroxylation is 1. The summed E-state index contributed by atoms with van der Waals surface area (Å²) in [7, 11) is 1.95. The van der Waals surface area contributed by atoms with Crippen LogP contribution in [0.4, 0.5) is 0 Å². The predicted octanol–water partition coefficient (Wildman–Crippen LogP) is 3.10. The highest BCUT2D eigenvalue weighted by Crippen LogP contribution is 2.19. The van der Waals surface area contributed by atoms with Crippen molar-refractivity contribution >= 4 is 45.1 Å². The lowest BCUT2D eigenvalue weighted by Gasteiger charge is -2.11. The molecular formula is C11H9ClINO. The van der Waals surface area contributed by atoms with Crippen LogP contribution in [0, 0.1) is 10.5 Å². The molecule has 0 unspecified atom stereocenters. The molecule has 2 rings (SSSR count). The van der Waals surface area contributed by atoms with E-state index in [4.69, 9.17) is 11.6 Å². The molecule has 78 valence electrons. The zero-order valence-corrected chi connectivity index (χ0v) is 11.3. The molecule has 0 spiro atoms. The van der Waals surface area contributed by atoms with Crippen molar-refractivity contribution in [1.29, 1.82) is 0 Å². The summed E-state index contributed by atoms with van der Waals surface area (Å²) in [6.07, 6.45) is 0. The fourth-order valence-corrected chi connectivity index (χ4v) is 2.42. The summed E-state index contributed by atoms with van der Waals surface area (Å²) in [6.45, 7) is 1.94. The first-order chi connectivity index (χ1) is 7.02. The zero-order chi connectivity index (χ0) is 11.2. The van der Waals surface area contributed by atoms with Gasteiger partial charge in [-0.1, -0.05) is 11.6 Å². The standard InChI is InChI=1S/C11H9ClINO/c1-6-10(13)11(15)8-5-7(12)3-4-9(8)14(6)2/h3-5H,1-2H3. The van der Waals surface area contributed by atoms with E-state index >= 15 is 0 Å². The molecule has 0 N–H and O–H groups in total. The molecule has 0 atom stereocenters. The summed E-state index contributed by atoms with van der Waals surface area (Å²) < 4.78 is 2.76. The molecule has 0 aliphatic heterocycles. The van der Waals surface area contributed by atoms with Crippen molar-refractivity contribution in [3.8, 4) is 0 Å². The van der Waals surface area contributed by atoms with Crippen LogP contribution in [0.5, 0.6) is 0 Å². The zero-order valence-electron chi connectivity index (χ0n) is 8.34. The van der Waals surface area contributed by atoms with E-state index < -0.39 is 0 Å². The molecule has 1 aromatic heterocycles. The van der Waals surface area contributed by atoms with Crippen molar-refractivity contribution in [2.24, 2.45) is 7.05 Å². The number of pyridine rings is 1. The van der Waals surface area contributed by atoms with Gasteiger partial charge in [-0.25, -0.2) is 0 Å². The normalized spacial score (nSPS) is 10.9. The minimum atomic E-state index is 0.0590. The number of fused-ring (bicyclic) bond motifs is 1. The quantitative estimate of drug-likeness (QED) is 0.679. The van der Waals surface area contributed by atoms with Gasteiger partial charge in [0.05, 0.1) is 9.09 Å². The van der Waals surface area contributed by atoms with Gasteiger partial charge in [-0.2, -0.15) is 0 Å². The Morgan fingerprint density at radius 1 is 1.40 bits per heavy atom. The largest absolute Gasteiger partial charge is 0.347 e. The highest BCUT2D eigenvalue weighted by atomic mass is 127. The Kier molecular flexibility index (Phi) is 2.77. The molecule has 15 heavy (non-hydrogen) atoms. The molecule has 0 aliphatic carbocycles. The predicted molar refractivity (Wildman–Crippen MR) is 71.7 cm³/mol. The van der Waals surface area contributed by atoms with Gasteiger partial charge in [0, 0.05) is 23.2 Å². The van der Waals surface area contributed by atoms with Gasteiger partial charge in [-0.3, -0.25) is 4.79 Å². The topological polar surface area (TPSA) is 22.0 Å². The van der Waals surface area contributed by atoms with E-state index in [1.807, 2.05) is 24.6 Å². The number of rotatable bonds is 0. The molecule has 0 saturated heterocycles. The van der Waals surface area contributed by atoms with Gasteiger partial charge in [-0.15, -0.1) is 0 Å². The summed E-state index contributed by atoms with van der Waals surface area (Å²) in [6, 6.07) is 5.40. The van der Waals surface area contributed by atoms with Crippen molar-refractivity contribution in [3.63, 3.8) is 0 Å². The smallest absolute Gasteiger partial charge is 0.203 e. The molecule has 0 radical (unpaired) electrons. The van der Waals surface area contributed by atoms with Crippen LogP contribution in [0.3, 0.4) is 0 Å². The average Bonchev–Trinajstić information content (AvgIpc) is 2.23. The first-order valence-electron chi connectivity index (χ1n) is 4.46. The van der Waals surface area contributed by atoms with Crippen molar-refractivity contribution < 1.29 is 0 Å². The number of aromatic nitrogens is 1. The second-order valence-electron chi connectivity index (χ2n) is 3.45. The Morgan fingerprint density at radius 3 is 2.73 bits per heavy atom. The van der Waals surface area contributed by atoms with Crippen LogP contribution in [-0.2, 0) is 7.05 Å². The van der Waals surface area contributed by atoms with Crippen LogP contribution in [-0.4, -0.2) is 4.57 Å². The molecule has 2 nitrogen and oxygen atoms in total. The lowest BCUT2D eigenvalue weighted by Crippen LogP contribution is -2.14. The first-order valence-corrected chi connectivity index (χ1v) is 5.92. The van der Waals surface area contributed by atoms with Gasteiger partial charge in [0.15, 0.2) is 0 Å². The maximum Gasteiger partial charge on any atom is 0.203 e. The van der Waals surface area contributed by atoms with Crippen LogP contribution in [0.1, 0.15) is 5.69 Å². The van der Waals surface area contributed by atoms with Crippen LogP contribution in [0.25, 0.3) is 10.9 Å². The summed E-state index contributed by atoms with van der Waals surface area (Å²) >= 11 is 7.96. The van der Waals surface area contributed by atoms with Crippen LogP contribution in [0.2, 0.25) is 5.02 Å². The van der Waals surface area contributed by atoms with E-state index in [9.17, 15) is 4.79 Å². The summed E-state index contributed by atoms with van der Waals surface area (Å²) in [4.78, 5) is 12.0. The van der Waals surface area contributed by atoms with Gasteiger partial charge >= 0.3 is 0 Å². The first kappa shape index (κ1) is 11.0. The average molecular weight is 334 g/mol. The number of hydrogen-bond acceptors (Lipinski definition) is 1. The van der Waals surface area contributed by atoms with Gasteiger partial charge in [0.2, 0.25) is 5.43 Å². The highest BCUT2D eigenvalue weighted by molar-refractivity contribution is 14.1. The fraction of sp³-hybridized carbons (Fsp3) is 0.182. The molecule has 0 amide bonds. The maximum atomic E-state index is 12.0. The van der Waals surface area contributed by atoms with Crippen LogP contribution < -0.4 is 5.43 Å². The second kappa shape index (κ2) is 3.79. The van der Waals surface area contributed by atoms with E-state index in [0.717, 1.165) is 14.8 Å². The highest BCUT2D eigenvalue weighted by Gasteiger charge is 2.09. The maximum absolute atomic E-state index is 12.0. The number of benzene rings is 1. The molecular weight excluding hydrogens is 324 g/mol. The summed E-state index contributed by atoms with van der Waals surface area (Å²) in [5.41, 5.74) is 1.96. The van der Waals surface area contributed by atoms with Crippen LogP contribution in [0.15, 0.2) is 23.0 Å². The van der Waals surface area contributed by atoms with E-state index in [2.05, 4.69) is 22.6 Å². The molecule has 1 heterocycles. The SMILES string of the molecule is Cc1c(I)c(=O)c2cc(Cl)ccc2n1C. The number of halogens is 2. The Bertz CT molecular complexity index is 604. The molecule has 1 aromatic carbocycles. The minimum Gasteiger partial charge on any atom is -0.347 e. The lowest BCUT2D eigenvalue weighted by atomic mass is 10.2. The van der Waals surface area contributed by atoms with Crippen molar-refractivity contribution in [2.45, 2.75) is 6.92 Å². The van der Waals surface area contributed by atoms with Crippen molar-refractivity contribution in [2.75, 3.05) is 0 Å². The third-order valence-electron chi connectivity index (χ3n) is 2.58. The van der Waals surface area contributed by atoms with E-state index in [0.29, 0.717) is 10.4 Å². The Balaban J connectivity index is 3.08. The van der Waals surface area contributed by atoms with Crippen LogP contribution >= 0.6 is 34.2 Å². The molecule has 0 aliphatic rings. The molecule has 0 saturated carbocycles. The second-order valence-corrected chi connectivity index (χ2v) is 4.96. The monoisotopic (exact) mass is 333 g/mol. The van der Waals surface area contributed by atoms with Gasteiger partial charge in [-0.05, 0) is 47.7 Å². The molecule has 0 fully saturated rings. The van der Waals surface area contributed by atoms with Gasteiger partial charge in [0.1, 0.15) is 0 Å². The third kappa shape index (κ3) is 1.67. The lowest BCUT2D eigenvalue weighted by molar-refractivity contribution is 0.889. The fourth-order valence-electron chi connectivity index (χ4n) is 1.59. The summed E-state index contributed by atoms with van der Waals surface area (Å²) in [5, 5.41) is 1.28. The molecule has 4 heteroatoms. The van der Waals surface area contributed by atoms with Crippen molar-refractivity contribution in [1.82, 2.24) is 4.57 Å². The summed E-state index contributed by atoms with van der Waals surface area (Å²) in [5.74, 6) is 0. The van der Waals surface area contributed by atoms with Gasteiger partial charge in [0.25, 0.3) is 0 Å². The minimum absolute atomic E-state index is 0.0590. The number of nitrogens with zero attached hydrogens (tertiary/aromatic N) is 1. The third-order valence-corrected chi connectivity index (χ3v) is 4.09. The van der Waals surface area contributed by atoms with E-state index in [1.54, 1.807) is 12.1 Å². The van der Waals surface area contributed by atoms with E-state index in [1.165, 1.54) is 0 Å². The van der Waals surface area contributed by atoms with E-state index in [-0.39, 0.29) is 5.43 Å². The van der Waals surface area contributed by atoms with Gasteiger partial charge < -0.3 is 4.57 Å². The van der Waals surface area contributed by atoms with Crippen molar-refractivity contribution in [3.05, 3.63) is 42.7 Å². The Hall–Kier alpha value is -0.550. The molecule has 0 bridgehead atoms. The Labute approximate surface area is 106 Å². The molecule has 2 aromatic rings. The Morgan fingerprint density at radius 2 is 2.07 bits per heavy atom.